The summed E-state index contributed by atoms with van der Waals surface area (Å²) in [7, 11) is 0. The number of anilines is 1. The molecule has 0 spiro atoms. The molecule has 22 heavy (non-hydrogen) atoms. The van der Waals surface area contributed by atoms with Gasteiger partial charge < -0.3 is 15.6 Å². The van der Waals surface area contributed by atoms with Gasteiger partial charge in [0.15, 0.2) is 17.3 Å². The maximum atomic E-state index is 13.5. The third-order valence-corrected chi connectivity index (χ3v) is 3.51. The highest BCUT2D eigenvalue weighted by Crippen LogP contribution is 2.35. The standard InChI is InChI=1S/C13H10Cl2FN3O3/c1-5(10-6(14)2-3-7(16)11(10)15)22-9-4-8(13(20)21)18-19-12(9)17/h2-5H,1H3,(H2,17,19)(H,20,21)/t5-/m0/s1. The number of carbonyl (C=O) groups is 1. The first-order valence-corrected chi connectivity index (χ1v) is 6.73. The molecule has 0 aliphatic rings. The smallest absolute Gasteiger partial charge is 0.356 e. The molecule has 0 aliphatic carbocycles. The molecule has 2 aromatic rings. The first-order chi connectivity index (χ1) is 10.3. The Bertz CT molecular complexity index is 743. The summed E-state index contributed by atoms with van der Waals surface area (Å²) in [6.45, 7) is 1.56. The summed E-state index contributed by atoms with van der Waals surface area (Å²) >= 11 is 11.9. The van der Waals surface area contributed by atoms with Crippen LogP contribution in [0.5, 0.6) is 5.75 Å². The molecule has 0 saturated carbocycles. The van der Waals surface area contributed by atoms with Crippen molar-refractivity contribution < 1.29 is 19.0 Å². The molecule has 3 N–H and O–H groups in total. The Morgan fingerprint density at radius 2 is 2.09 bits per heavy atom. The number of aromatic carboxylic acids is 1. The summed E-state index contributed by atoms with van der Waals surface area (Å²) in [4.78, 5) is 10.9. The zero-order valence-electron chi connectivity index (χ0n) is 11.2. The van der Waals surface area contributed by atoms with Crippen LogP contribution in [0.15, 0.2) is 18.2 Å². The molecule has 1 atom stereocenters. The fourth-order valence-corrected chi connectivity index (χ4v) is 2.43. The van der Waals surface area contributed by atoms with Gasteiger partial charge >= 0.3 is 5.97 Å². The number of hydrogen-bond donors (Lipinski definition) is 2. The van der Waals surface area contributed by atoms with E-state index in [0.717, 1.165) is 12.1 Å². The van der Waals surface area contributed by atoms with Gasteiger partial charge in [-0.2, -0.15) is 0 Å². The van der Waals surface area contributed by atoms with Crippen LogP contribution in [-0.2, 0) is 0 Å². The minimum Gasteiger partial charge on any atom is -0.482 e. The monoisotopic (exact) mass is 345 g/mol. The Morgan fingerprint density at radius 3 is 2.73 bits per heavy atom. The SMILES string of the molecule is C[C@H](Oc1cc(C(=O)O)nnc1N)c1c(Cl)ccc(F)c1Cl. The molecule has 1 aromatic carbocycles. The maximum absolute atomic E-state index is 13.5. The Balaban J connectivity index is 2.37. The van der Waals surface area contributed by atoms with Gasteiger partial charge in [0.25, 0.3) is 0 Å². The molecule has 9 heteroatoms. The van der Waals surface area contributed by atoms with Crippen molar-refractivity contribution in [3.63, 3.8) is 0 Å². The largest absolute Gasteiger partial charge is 0.482 e. The number of halogens is 3. The Labute approximate surface area is 134 Å². The van der Waals surface area contributed by atoms with Gasteiger partial charge in [0.1, 0.15) is 11.9 Å². The van der Waals surface area contributed by atoms with Gasteiger partial charge in [0.2, 0.25) is 0 Å². The van der Waals surface area contributed by atoms with E-state index in [1.165, 1.54) is 6.07 Å². The lowest BCUT2D eigenvalue weighted by molar-refractivity contribution is 0.0688. The number of benzene rings is 1. The third-order valence-electron chi connectivity index (χ3n) is 2.79. The van der Waals surface area contributed by atoms with E-state index in [9.17, 15) is 9.18 Å². The van der Waals surface area contributed by atoms with E-state index in [1.807, 2.05) is 0 Å². The lowest BCUT2D eigenvalue weighted by atomic mass is 10.1. The van der Waals surface area contributed by atoms with Crippen LogP contribution < -0.4 is 10.5 Å². The molecule has 0 saturated heterocycles. The minimum atomic E-state index is -1.29. The lowest BCUT2D eigenvalue weighted by Crippen LogP contribution is -2.11. The summed E-state index contributed by atoms with van der Waals surface area (Å²) in [6, 6.07) is 3.59. The van der Waals surface area contributed by atoms with Crippen LogP contribution in [-0.4, -0.2) is 21.3 Å². The highest BCUT2D eigenvalue weighted by Gasteiger charge is 2.20. The minimum absolute atomic E-state index is 0.0173. The Hall–Kier alpha value is -2.12. The quantitative estimate of drug-likeness (QED) is 0.824. The lowest BCUT2D eigenvalue weighted by Gasteiger charge is -2.18. The van der Waals surface area contributed by atoms with Crippen LogP contribution in [0.25, 0.3) is 0 Å². The number of rotatable bonds is 4. The summed E-state index contributed by atoms with van der Waals surface area (Å²) in [6.07, 6.45) is -0.788. The zero-order valence-corrected chi connectivity index (χ0v) is 12.7. The molecule has 2 rings (SSSR count). The number of nitrogens with two attached hydrogens (primary N) is 1. The number of ether oxygens (including phenoxy) is 1. The molecule has 0 radical (unpaired) electrons. The first-order valence-electron chi connectivity index (χ1n) is 5.97. The van der Waals surface area contributed by atoms with Crippen LogP contribution in [0.4, 0.5) is 10.2 Å². The van der Waals surface area contributed by atoms with Crippen molar-refractivity contribution in [2.24, 2.45) is 0 Å². The number of carboxylic acid groups (broad SMARTS) is 1. The van der Waals surface area contributed by atoms with E-state index in [2.05, 4.69) is 10.2 Å². The number of nitrogen functional groups attached to an aromatic ring is 1. The van der Waals surface area contributed by atoms with Crippen LogP contribution in [0.3, 0.4) is 0 Å². The van der Waals surface area contributed by atoms with Crippen LogP contribution in [0, 0.1) is 5.82 Å². The second-order valence-corrected chi connectivity index (χ2v) is 5.09. The second kappa shape index (κ2) is 6.33. The molecule has 0 aliphatic heterocycles. The number of hydrogen-bond acceptors (Lipinski definition) is 5. The average Bonchev–Trinajstić information content (AvgIpc) is 2.45. The second-order valence-electron chi connectivity index (χ2n) is 4.30. The zero-order chi connectivity index (χ0) is 16.4. The fourth-order valence-electron chi connectivity index (χ4n) is 1.75. The maximum Gasteiger partial charge on any atom is 0.356 e. The van der Waals surface area contributed by atoms with Crippen molar-refractivity contribution in [2.75, 3.05) is 5.73 Å². The molecule has 0 amide bonds. The van der Waals surface area contributed by atoms with Crippen molar-refractivity contribution >= 4 is 35.0 Å². The van der Waals surface area contributed by atoms with Gasteiger partial charge in [-0.15, -0.1) is 10.2 Å². The van der Waals surface area contributed by atoms with Crippen molar-refractivity contribution in [3.05, 3.63) is 45.3 Å². The van der Waals surface area contributed by atoms with Crippen molar-refractivity contribution in [3.8, 4) is 5.75 Å². The molecule has 0 bridgehead atoms. The van der Waals surface area contributed by atoms with Gasteiger partial charge in [-0.25, -0.2) is 9.18 Å². The molecule has 0 unspecified atom stereocenters. The fraction of sp³-hybridized carbons (Fsp3) is 0.154. The average molecular weight is 346 g/mol. The molecular weight excluding hydrogens is 336 g/mol. The third kappa shape index (κ3) is 3.20. The highest BCUT2D eigenvalue weighted by atomic mass is 35.5. The number of carboxylic acids is 1. The van der Waals surface area contributed by atoms with E-state index in [4.69, 9.17) is 38.8 Å². The summed E-state index contributed by atoms with van der Waals surface area (Å²) < 4.78 is 19.0. The van der Waals surface area contributed by atoms with Crippen molar-refractivity contribution in [1.29, 1.82) is 0 Å². The predicted octanol–water partition coefficient (Wildman–Crippen LogP) is 3.34. The van der Waals surface area contributed by atoms with Crippen molar-refractivity contribution in [1.82, 2.24) is 10.2 Å². The van der Waals surface area contributed by atoms with Crippen LogP contribution in [0.2, 0.25) is 10.0 Å². The van der Waals surface area contributed by atoms with E-state index < -0.39 is 17.9 Å². The molecule has 0 fully saturated rings. The highest BCUT2D eigenvalue weighted by molar-refractivity contribution is 6.36. The summed E-state index contributed by atoms with van der Waals surface area (Å²) in [5.74, 6) is -2.06. The van der Waals surface area contributed by atoms with Gasteiger partial charge in [0, 0.05) is 16.7 Å². The summed E-state index contributed by atoms with van der Waals surface area (Å²) in [5, 5.41) is 15.8. The van der Waals surface area contributed by atoms with Gasteiger partial charge in [0.05, 0.1) is 5.02 Å². The molecule has 1 heterocycles. The van der Waals surface area contributed by atoms with Crippen LogP contribution >= 0.6 is 23.2 Å². The summed E-state index contributed by atoms with van der Waals surface area (Å²) in [5.41, 5.74) is 5.47. The van der Waals surface area contributed by atoms with Gasteiger partial charge in [-0.1, -0.05) is 23.2 Å². The Kier molecular flexibility index (Phi) is 4.68. The predicted molar refractivity (Wildman–Crippen MR) is 78.9 cm³/mol. The van der Waals surface area contributed by atoms with Crippen LogP contribution in [0.1, 0.15) is 29.1 Å². The van der Waals surface area contributed by atoms with Gasteiger partial charge in [-0.05, 0) is 19.1 Å². The van der Waals surface area contributed by atoms with E-state index in [1.54, 1.807) is 6.92 Å². The topological polar surface area (TPSA) is 98.3 Å². The molecular formula is C13H10Cl2FN3O3. The van der Waals surface area contributed by atoms with Gasteiger partial charge in [-0.3, -0.25) is 0 Å². The number of aromatic nitrogens is 2. The molecule has 116 valence electrons. The van der Waals surface area contributed by atoms with E-state index in [-0.39, 0.29) is 32.9 Å². The first kappa shape index (κ1) is 16.3. The number of nitrogens with zero attached hydrogens (tertiary/aromatic N) is 2. The Morgan fingerprint density at radius 1 is 1.41 bits per heavy atom. The normalized spacial score (nSPS) is 12.0. The molecule has 1 aromatic heterocycles. The van der Waals surface area contributed by atoms with Crippen molar-refractivity contribution in [2.45, 2.75) is 13.0 Å². The molecule has 6 nitrogen and oxygen atoms in total. The van der Waals surface area contributed by atoms with E-state index in [0.29, 0.717) is 0 Å². The van der Waals surface area contributed by atoms with E-state index >= 15 is 0 Å².